The SMILES string of the molecule is CC.CC(C)C.FC(F)(F)CCCOc1ccc(/C(=N\S)C(F)(F)F)cc1. The molecule has 1 rings (SSSR count). The fourth-order valence-corrected chi connectivity index (χ4v) is 1.68. The Kier molecular flexibility index (Phi) is 14.2. The van der Waals surface area contributed by atoms with Crippen LogP contribution in [0.2, 0.25) is 0 Å². The van der Waals surface area contributed by atoms with Gasteiger partial charge in [0.05, 0.1) is 6.61 Å². The van der Waals surface area contributed by atoms with Gasteiger partial charge >= 0.3 is 12.4 Å². The van der Waals surface area contributed by atoms with Crippen molar-refractivity contribution in [2.24, 2.45) is 10.3 Å². The number of benzene rings is 1. The lowest BCUT2D eigenvalue weighted by Gasteiger charge is -2.11. The zero-order valence-corrected chi connectivity index (χ0v) is 17.0. The van der Waals surface area contributed by atoms with Gasteiger partial charge < -0.3 is 4.74 Å². The lowest BCUT2D eigenvalue weighted by atomic mass is 10.1. The normalized spacial score (nSPS) is 12.0. The van der Waals surface area contributed by atoms with Crippen LogP contribution in [0.3, 0.4) is 0 Å². The van der Waals surface area contributed by atoms with Crippen LogP contribution in [0, 0.1) is 5.92 Å². The van der Waals surface area contributed by atoms with Crippen LogP contribution in [0.15, 0.2) is 28.7 Å². The van der Waals surface area contributed by atoms with E-state index in [2.05, 4.69) is 38.0 Å². The summed E-state index contributed by atoms with van der Waals surface area (Å²) in [5, 5.41) is 0. The van der Waals surface area contributed by atoms with Crippen LogP contribution in [0.1, 0.15) is 53.0 Å². The van der Waals surface area contributed by atoms with E-state index in [1.54, 1.807) is 0 Å². The molecule has 0 unspecified atom stereocenters. The highest BCUT2D eigenvalue weighted by atomic mass is 32.1. The molecule has 0 saturated carbocycles. The highest BCUT2D eigenvalue weighted by Crippen LogP contribution is 2.25. The van der Waals surface area contributed by atoms with Crippen molar-refractivity contribution in [3.63, 3.8) is 0 Å². The van der Waals surface area contributed by atoms with Crippen LogP contribution in [0.4, 0.5) is 26.3 Å². The van der Waals surface area contributed by atoms with Gasteiger partial charge in [-0.25, -0.2) is 4.40 Å². The molecule has 0 radical (unpaired) electrons. The zero-order valence-electron chi connectivity index (χ0n) is 16.1. The number of thiol groups is 1. The maximum absolute atomic E-state index is 12.5. The third-order valence-corrected chi connectivity index (χ3v) is 2.57. The third-order valence-electron chi connectivity index (χ3n) is 2.37. The second-order valence-electron chi connectivity index (χ2n) is 5.77. The van der Waals surface area contributed by atoms with Crippen molar-refractivity contribution >= 4 is 18.5 Å². The Bertz CT molecular complexity index is 521. The van der Waals surface area contributed by atoms with Crippen LogP contribution < -0.4 is 4.74 Å². The number of nitrogens with zero attached hydrogens (tertiary/aromatic N) is 1. The van der Waals surface area contributed by atoms with Crippen molar-refractivity contribution < 1.29 is 31.1 Å². The van der Waals surface area contributed by atoms with Gasteiger partial charge in [0, 0.05) is 12.0 Å². The molecule has 0 saturated heterocycles. The van der Waals surface area contributed by atoms with E-state index < -0.39 is 24.5 Å². The molecule has 0 amide bonds. The number of hydrogen-bond donors (Lipinski definition) is 1. The van der Waals surface area contributed by atoms with Gasteiger partial charge in [0.2, 0.25) is 0 Å². The highest BCUT2D eigenvalue weighted by molar-refractivity contribution is 7.79. The van der Waals surface area contributed by atoms with E-state index in [1.165, 1.54) is 12.1 Å². The first-order chi connectivity index (χ1) is 12.4. The molecule has 27 heavy (non-hydrogen) atoms. The molecule has 9 heteroatoms. The van der Waals surface area contributed by atoms with Crippen LogP contribution in [0.25, 0.3) is 0 Å². The summed E-state index contributed by atoms with van der Waals surface area (Å²) >= 11 is 3.27. The summed E-state index contributed by atoms with van der Waals surface area (Å²) in [5.41, 5.74) is -1.37. The minimum atomic E-state index is -4.64. The average Bonchev–Trinajstić information content (AvgIpc) is 2.53. The first-order valence-electron chi connectivity index (χ1n) is 8.46. The van der Waals surface area contributed by atoms with E-state index in [0.29, 0.717) is 0 Å². The number of alkyl halides is 6. The minimum Gasteiger partial charge on any atom is -0.494 e. The van der Waals surface area contributed by atoms with Crippen molar-refractivity contribution in [3.05, 3.63) is 29.8 Å². The predicted octanol–water partition coefficient (Wildman–Crippen LogP) is 7.29. The van der Waals surface area contributed by atoms with Crippen LogP contribution in [-0.4, -0.2) is 24.7 Å². The van der Waals surface area contributed by atoms with Gasteiger partial charge in [0.15, 0.2) is 5.71 Å². The number of rotatable bonds is 5. The minimum absolute atomic E-state index is 0.175. The standard InChI is InChI=1S/C12H11F6NOS.C4H10.C2H6/c13-11(14,15)6-1-7-20-9-4-2-8(3-5-9)10(19-21)12(16,17)18;1-4(2)3;1-2/h2-5,21H,1,6-7H2;4H,1-3H3;1-2H3/b19-10+;;. The zero-order chi connectivity index (χ0) is 21.7. The number of ether oxygens (including phenoxy) is 1. The lowest BCUT2D eigenvalue weighted by molar-refractivity contribution is -0.136. The molecule has 0 aliphatic carbocycles. The van der Waals surface area contributed by atoms with E-state index in [-0.39, 0.29) is 24.3 Å². The van der Waals surface area contributed by atoms with Crippen molar-refractivity contribution in [1.82, 2.24) is 0 Å². The Hall–Kier alpha value is -1.38. The Morgan fingerprint density at radius 3 is 1.78 bits per heavy atom. The third kappa shape index (κ3) is 15.4. The molecular weight excluding hydrogens is 392 g/mol. The average molecular weight is 419 g/mol. The first-order valence-corrected chi connectivity index (χ1v) is 8.86. The highest BCUT2D eigenvalue weighted by Gasteiger charge is 2.36. The van der Waals surface area contributed by atoms with Crippen molar-refractivity contribution in [2.75, 3.05) is 6.61 Å². The summed E-state index contributed by atoms with van der Waals surface area (Å²) in [6, 6.07) is 4.69. The van der Waals surface area contributed by atoms with Gasteiger partial charge in [-0.1, -0.05) is 34.6 Å². The molecule has 1 aromatic rings. The van der Waals surface area contributed by atoms with Gasteiger partial charge in [-0.2, -0.15) is 26.3 Å². The molecule has 0 atom stereocenters. The van der Waals surface area contributed by atoms with Gasteiger partial charge in [0.25, 0.3) is 0 Å². The van der Waals surface area contributed by atoms with Crippen LogP contribution in [-0.2, 0) is 0 Å². The van der Waals surface area contributed by atoms with Crippen LogP contribution >= 0.6 is 12.8 Å². The molecule has 0 heterocycles. The second kappa shape index (κ2) is 13.7. The maximum Gasteiger partial charge on any atom is 0.434 e. The Morgan fingerprint density at radius 1 is 1.00 bits per heavy atom. The molecule has 1 aromatic carbocycles. The maximum atomic E-state index is 12.5. The number of hydrogen-bond acceptors (Lipinski definition) is 3. The quantitative estimate of drug-likeness (QED) is 0.230. The molecule has 0 aliphatic rings. The van der Waals surface area contributed by atoms with E-state index in [0.717, 1.165) is 18.1 Å². The van der Waals surface area contributed by atoms with Crippen molar-refractivity contribution in [1.29, 1.82) is 0 Å². The lowest BCUT2D eigenvalue weighted by Crippen LogP contribution is -2.23. The smallest absolute Gasteiger partial charge is 0.434 e. The van der Waals surface area contributed by atoms with E-state index in [1.807, 2.05) is 13.8 Å². The molecule has 0 spiro atoms. The summed E-state index contributed by atoms with van der Waals surface area (Å²) in [5.74, 6) is 1.02. The molecule has 0 N–H and O–H groups in total. The van der Waals surface area contributed by atoms with Gasteiger partial charge in [-0.15, -0.1) is 0 Å². The van der Waals surface area contributed by atoms with Gasteiger partial charge in [-0.05, 0) is 49.4 Å². The predicted molar refractivity (Wildman–Crippen MR) is 101 cm³/mol. The van der Waals surface area contributed by atoms with Crippen molar-refractivity contribution in [3.8, 4) is 5.75 Å². The summed E-state index contributed by atoms with van der Waals surface area (Å²) in [6.07, 6.45) is -10.1. The van der Waals surface area contributed by atoms with E-state index in [4.69, 9.17) is 4.74 Å². The van der Waals surface area contributed by atoms with E-state index >= 15 is 0 Å². The molecular formula is C18H27F6NOS. The first kappa shape index (κ1) is 27.8. The summed E-state index contributed by atoms with van der Waals surface area (Å²) in [7, 11) is 0. The Morgan fingerprint density at radius 2 is 1.44 bits per heavy atom. The van der Waals surface area contributed by atoms with E-state index in [9.17, 15) is 26.3 Å². The van der Waals surface area contributed by atoms with Crippen LogP contribution in [0.5, 0.6) is 5.75 Å². The fourth-order valence-electron chi connectivity index (χ4n) is 1.45. The van der Waals surface area contributed by atoms with Gasteiger partial charge in [-0.3, -0.25) is 0 Å². The molecule has 158 valence electrons. The molecule has 0 aromatic heterocycles. The molecule has 0 bridgehead atoms. The summed E-state index contributed by atoms with van der Waals surface area (Å²) < 4.78 is 81.2. The molecule has 2 nitrogen and oxygen atoms in total. The Labute approximate surface area is 162 Å². The topological polar surface area (TPSA) is 21.6 Å². The monoisotopic (exact) mass is 419 g/mol. The molecule has 0 aliphatic heterocycles. The second-order valence-corrected chi connectivity index (χ2v) is 5.97. The largest absolute Gasteiger partial charge is 0.494 e. The fraction of sp³-hybridized carbons (Fsp3) is 0.611. The summed E-state index contributed by atoms with van der Waals surface area (Å²) in [6.45, 7) is 10.3. The number of halogens is 6. The summed E-state index contributed by atoms with van der Waals surface area (Å²) in [4.78, 5) is 0. The van der Waals surface area contributed by atoms with Gasteiger partial charge in [0.1, 0.15) is 5.75 Å². The Balaban J connectivity index is 0. The molecule has 0 fully saturated rings. The van der Waals surface area contributed by atoms with Crippen molar-refractivity contribution in [2.45, 2.75) is 59.8 Å².